The Morgan fingerprint density at radius 2 is 1.67 bits per heavy atom. The normalized spacial score (nSPS) is 12.5. The number of hydrogen-bond acceptors (Lipinski definition) is 3. The van der Waals surface area contributed by atoms with E-state index in [9.17, 15) is 27.9 Å². The second-order valence-corrected chi connectivity index (χ2v) is 9.79. The number of carboxylic acid groups (broad SMARTS) is 1. The summed E-state index contributed by atoms with van der Waals surface area (Å²) in [4.78, 5) is 25.6. The zero-order chi connectivity index (χ0) is 27.4. The summed E-state index contributed by atoms with van der Waals surface area (Å²) in [5.41, 5.74) is 2.60. The number of alkyl halides is 3. The first-order valence-corrected chi connectivity index (χ1v) is 12.8. The Hall–Kier alpha value is -3.30. The van der Waals surface area contributed by atoms with E-state index >= 15 is 0 Å². The summed E-state index contributed by atoms with van der Waals surface area (Å²) >= 11 is 6.54. The number of H-pyrrole nitrogens is 1. The van der Waals surface area contributed by atoms with Crippen molar-refractivity contribution >= 4 is 39.4 Å². The van der Waals surface area contributed by atoms with Crippen LogP contribution in [0.5, 0.6) is 0 Å². The van der Waals surface area contributed by atoms with Gasteiger partial charge in [0.1, 0.15) is 0 Å². The highest BCUT2D eigenvalue weighted by Crippen LogP contribution is 2.41. The molecule has 0 bridgehead atoms. The highest BCUT2D eigenvalue weighted by Gasteiger charge is 2.39. The molecule has 1 atom stereocenters. The molecule has 0 fully saturated rings. The Morgan fingerprint density at radius 3 is 2.33 bits per heavy atom. The number of aliphatic hydroxyl groups excluding tert-OH is 1. The molecule has 0 aliphatic heterocycles. The molecule has 0 saturated carbocycles. The number of aliphatic hydroxyl groups is 1. The molecular formula is C29H32ClF3N2O4. The van der Waals surface area contributed by atoms with Gasteiger partial charge in [-0.15, -0.1) is 0 Å². The zero-order valence-corrected chi connectivity index (χ0v) is 21.3. The van der Waals surface area contributed by atoms with Crippen LogP contribution in [-0.4, -0.2) is 38.0 Å². The zero-order valence-electron chi connectivity index (χ0n) is 20.5. The number of carboxylic acids is 1. The maximum Gasteiger partial charge on any atom is 0.416 e. The maximum atomic E-state index is 13.5. The second-order valence-electron chi connectivity index (χ2n) is 9.39. The summed E-state index contributed by atoms with van der Waals surface area (Å²) in [5, 5.41) is 20.3. The Kier molecular flexibility index (Phi) is 9.85. The number of rotatable bonds is 11. The lowest BCUT2D eigenvalue weighted by atomic mass is 9.97. The summed E-state index contributed by atoms with van der Waals surface area (Å²) < 4.78 is 41.9. The Morgan fingerprint density at radius 1 is 1.00 bits per heavy atom. The van der Waals surface area contributed by atoms with Crippen LogP contribution in [0.15, 0.2) is 53.3 Å². The number of carbonyl (C=O) groups is 1. The molecule has 0 spiro atoms. The number of nitrogens with zero attached hydrogens (tertiary/aromatic N) is 1. The van der Waals surface area contributed by atoms with Crippen LogP contribution in [0.2, 0.25) is 5.02 Å². The molecule has 4 rings (SSSR count). The van der Waals surface area contributed by atoms with Crippen molar-refractivity contribution in [3.05, 3.63) is 69.5 Å². The number of halogens is 4. The average Bonchev–Trinajstić information content (AvgIpc) is 3.15. The third-order valence-electron chi connectivity index (χ3n) is 6.68. The van der Waals surface area contributed by atoms with Gasteiger partial charge in [-0.25, -0.2) is 0 Å². The molecule has 0 aliphatic carbocycles. The van der Waals surface area contributed by atoms with Gasteiger partial charge in [-0.05, 0) is 42.5 Å². The smallest absolute Gasteiger partial charge is 0.416 e. The summed E-state index contributed by atoms with van der Waals surface area (Å²) in [6.45, 7) is -0.702. The van der Waals surface area contributed by atoms with E-state index in [0.29, 0.717) is 52.3 Å². The lowest BCUT2D eigenvalue weighted by molar-refractivity contribution is -0.207. The van der Waals surface area contributed by atoms with Gasteiger partial charge in [0, 0.05) is 28.8 Å². The van der Waals surface area contributed by atoms with Crippen LogP contribution in [0.4, 0.5) is 13.2 Å². The molecular weight excluding hydrogens is 533 g/mol. The number of pyridine rings is 1. The predicted octanol–water partition coefficient (Wildman–Crippen LogP) is 7.33. The number of aromatic amines is 1. The van der Waals surface area contributed by atoms with Crippen LogP contribution in [0.25, 0.3) is 33.1 Å². The second kappa shape index (κ2) is 12.7. The lowest BCUT2D eigenvalue weighted by Gasteiger charge is -2.19. The number of aliphatic carboxylic acids is 1. The fourth-order valence-corrected chi connectivity index (χ4v) is 5.27. The molecule has 2 aromatic heterocycles. The fourth-order valence-electron chi connectivity index (χ4n) is 4.98. The molecule has 39 heavy (non-hydrogen) atoms. The minimum atomic E-state index is -4.81. The summed E-state index contributed by atoms with van der Waals surface area (Å²) in [6, 6.07) is 13.5. The van der Waals surface area contributed by atoms with Crippen LogP contribution < -0.4 is 5.56 Å². The van der Waals surface area contributed by atoms with Gasteiger partial charge in [-0.3, -0.25) is 9.59 Å². The van der Waals surface area contributed by atoms with Crippen LogP contribution >= 0.6 is 11.6 Å². The molecule has 210 valence electrons. The Balaban J connectivity index is 0.00000420. The quantitative estimate of drug-likeness (QED) is 0.166. The lowest BCUT2D eigenvalue weighted by Crippen LogP contribution is -2.33. The number of aromatic nitrogens is 2. The first-order valence-electron chi connectivity index (χ1n) is 12.5. The van der Waals surface area contributed by atoms with E-state index in [4.69, 9.17) is 16.7 Å². The molecule has 2 aromatic carbocycles. The average molecular weight is 565 g/mol. The molecule has 0 unspecified atom stereocenters. The van der Waals surface area contributed by atoms with Crippen LogP contribution in [0, 0.1) is 0 Å². The van der Waals surface area contributed by atoms with Gasteiger partial charge >= 0.3 is 12.1 Å². The molecule has 6 nitrogen and oxygen atoms in total. The van der Waals surface area contributed by atoms with Crippen molar-refractivity contribution in [1.82, 2.24) is 9.55 Å². The minimum absolute atomic E-state index is 0. The Labute approximate surface area is 229 Å². The van der Waals surface area contributed by atoms with Crippen molar-refractivity contribution in [2.45, 2.75) is 71.2 Å². The van der Waals surface area contributed by atoms with Gasteiger partial charge in [-0.2, -0.15) is 13.2 Å². The predicted molar refractivity (Wildman–Crippen MR) is 148 cm³/mol. The van der Waals surface area contributed by atoms with Crippen molar-refractivity contribution in [3.63, 3.8) is 0 Å². The molecule has 3 N–H and O–H groups in total. The molecule has 0 aliphatic rings. The van der Waals surface area contributed by atoms with E-state index in [-0.39, 0.29) is 24.4 Å². The van der Waals surface area contributed by atoms with E-state index in [2.05, 4.69) is 4.98 Å². The van der Waals surface area contributed by atoms with Crippen molar-refractivity contribution < 1.29 is 28.2 Å². The highest BCUT2D eigenvalue weighted by atomic mass is 35.5. The third kappa shape index (κ3) is 6.83. The number of unbranched alkanes of at least 4 members (excludes halogenated alkanes) is 4. The molecule has 0 saturated heterocycles. The topological polar surface area (TPSA) is 95.3 Å². The first kappa shape index (κ1) is 30.2. The van der Waals surface area contributed by atoms with Gasteiger partial charge in [0.05, 0.1) is 22.8 Å². The molecule has 0 amide bonds. The van der Waals surface area contributed by atoms with E-state index in [0.717, 1.165) is 24.8 Å². The summed E-state index contributed by atoms with van der Waals surface area (Å²) in [7, 11) is 0. The highest BCUT2D eigenvalue weighted by molar-refractivity contribution is 6.37. The summed E-state index contributed by atoms with van der Waals surface area (Å²) in [5.74, 6) is -0.826. The van der Waals surface area contributed by atoms with Gasteiger partial charge in [0.15, 0.2) is 6.10 Å². The van der Waals surface area contributed by atoms with Crippen molar-refractivity contribution in [3.8, 4) is 11.3 Å². The van der Waals surface area contributed by atoms with E-state index in [1.54, 1.807) is 24.3 Å². The molecule has 4 aromatic rings. The Bertz CT molecular complexity index is 1500. The largest absolute Gasteiger partial charge is 0.481 e. The summed E-state index contributed by atoms with van der Waals surface area (Å²) in [6.07, 6.45) is -3.04. The number of nitrogens with one attached hydrogen (secondary N) is 1. The monoisotopic (exact) mass is 564 g/mol. The van der Waals surface area contributed by atoms with Crippen molar-refractivity contribution in [2.24, 2.45) is 0 Å². The third-order valence-corrected chi connectivity index (χ3v) is 6.98. The van der Waals surface area contributed by atoms with Crippen LogP contribution in [-0.2, 0) is 17.8 Å². The van der Waals surface area contributed by atoms with E-state index in [1.165, 1.54) is 10.6 Å². The minimum Gasteiger partial charge on any atom is -0.481 e. The SMILES string of the molecule is C.O=C(O)CCCCCCCc1c(-c2ccccc2)n(C[C@H](O)C(F)(F)F)c2ccc3[nH]c(=O)cc(Cl)c3c12. The number of fused-ring (bicyclic) bond motifs is 3. The molecule has 2 heterocycles. The number of benzene rings is 2. The van der Waals surface area contributed by atoms with Gasteiger partial charge < -0.3 is 19.8 Å². The van der Waals surface area contributed by atoms with Crippen LogP contribution in [0.1, 0.15) is 51.5 Å². The van der Waals surface area contributed by atoms with Crippen LogP contribution in [0.3, 0.4) is 0 Å². The van der Waals surface area contributed by atoms with Crippen molar-refractivity contribution in [1.29, 1.82) is 0 Å². The number of hydrogen-bond donors (Lipinski definition) is 3. The van der Waals surface area contributed by atoms with Gasteiger partial charge in [-0.1, -0.05) is 68.6 Å². The van der Waals surface area contributed by atoms with E-state index < -0.39 is 24.8 Å². The first-order chi connectivity index (χ1) is 18.1. The number of aryl methyl sites for hydroxylation is 1. The standard InChI is InChI=1S/C28H28ClF3N2O4.CH4/c29-19-15-23(36)33-20-13-14-21-25(26(19)20)18(11-7-2-1-3-8-12-24(37)38)27(17-9-5-4-6-10-17)34(21)16-22(35)28(30,31)32;/h4-6,9-10,13-15,22,35H,1-3,7-8,11-12,16H2,(H,33,36)(H,37,38);1H4/t22-;/m0./s1. The molecule has 0 radical (unpaired) electrons. The van der Waals surface area contributed by atoms with E-state index in [1.807, 2.05) is 18.2 Å². The van der Waals surface area contributed by atoms with Crippen molar-refractivity contribution in [2.75, 3.05) is 0 Å². The maximum absolute atomic E-state index is 13.5. The fraction of sp³-hybridized carbons (Fsp3) is 0.379. The van der Waals surface area contributed by atoms with Gasteiger partial charge in [0.25, 0.3) is 0 Å². The molecule has 10 heteroatoms. The van der Waals surface area contributed by atoms with Gasteiger partial charge in [0.2, 0.25) is 5.56 Å².